The predicted octanol–water partition coefficient (Wildman–Crippen LogP) is 3.26. The summed E-state index contributed by atoms with van der Waals surface area (Å²) in [7, 11) is 0. The highest BCUT2D eigenvalue weighted by Crippen LogP contribution is 2.35. The molecule has 23 heavy (non-hydrogen) atoms. The molecule has 0 saturated carbocycles. The predicted molar refractivity (Wildman–Crippen MR) is 92.2 cm³/mol. The molecule has 1 saturated heterocycles. The van der Waals surface area contributed by atoms with Crippen LogP contribution in [0.4, 0.5) is 0 Å². The molecule has 0 bridgehead atoms. The van der Waals surface area contributed by atoms with Crippen LogP contribution in [0.5, 0.6) is 0 Å². The Morgan fingerprint density at radius 3 is 2.39 bits per heavy atom. The van der Waals surface area contributed by atoms with Crippen molar-refractivity contribution < 1.29 is 10.2 Å². The van der Waals surface area contributed by atoms with E-state index in [1.807, 2.05) is 30.3 Å². The Bertz CT molecular complexity index is 615. The highest BCUT2D eigenvalue weighted by Gasteiger charge is 2.34. The summed E-state index contributed by atoms with van der Waals surface area (Å²) >= 11 is 5.98. The van der Waals surface area contributed by atoms with E-state index in [4.69, 9.17) is 11.6 Å². The fraction of sp³-hybridized carbons (Fsp3) is 0.368. The molecule has 0 radical (unpaired) electrons. The molecule has 2 atom stereocenters. The van der Waals surface area contributed by atoms with Crippen molar-refractivity contribution in [2.75, 3.05) is 13.1 Å². The Labute approximate surface area is 142 Å². The number of likely N-dealkylation sites (tertiary alicyclic amines) is 1. The molecule has 3 rings (SSSR count). The van der Waals surface area contributed by atoms with Gasteiger partial charge in [0, 0.05) is 29.9 Å². The Kier molecular flexibility index (Phi) is 5.34. The first-order chi connectivity index (χ1) is 11.1. The number of rotatable bonds is 4. The van der Waals surface area contributed by atoms with E-state index >= 15 is 0 Å². The van der Waals surface area contributed by atoms with Crippen molar-refractivity contribution in [2.24, 2.45) is 5.92 Å². The lowest BCUT2D eigenvalue weighted by atomic mass is 9.80. The van der Waals surface area contributed by atoms with Crippen LogP contribution < -0.4 is 0 Å². The first kappa shape index (κ1) is 16.5. The van der Waals surface area contributed by atoms with Crippen LogP contribution in [-0.4, -0.2) is 34.5 Å². The maximum atomic E-state index is 9.75. The molecule has 0 aromatic heterocycles. The van der Waals surface area contributed by atoms with Crippen LogP contribution in [0.25, 0.3) is 0 Å². The normalized spacial score (nSPS) is 22.4. The number of hydrogen-bond donors (Lipinski definition) is 2. The van der Waals surface area contributed by atoms with Crippen LogP contribution in [0.1, 0.15) is 23.5 Å². The van der Waals surface area contributed by atoms with Crippen molar-refractivity contribution in [2.45, 2.75) is 25.2 Å². The number of nitrogens with zero attached hydrogens (tertiary/aromatic N) is 1. The zero-order valence-corrected chi connectivity index (χ0v) is 13.7. The summed E-state index contributed by atoms with van der Waals surface area (Å²) in [6.45, 7) is 2.58. The minimum absolute atomic E-state index is 0.102. The minimum Gasteiger partial charge on any atom is -0.368 e. The van der Waals surface area contributed by atoms with Crippen molar-refractivity contribution in [3.63, 3.8) is 0 Å². The summed E-state index contributed by atoms with van der Waals surface area (Å²) in [6, 6.07) is 18.1. The fourth-order valence-electron chi connectivity index (χ4n) is 3.44. The van der Waals surface area contributed by atoms with Gasteiger partial charge in [-0.3, -0.25) is 4.90 Å². The second-order valence-corrected chi connectivity index (χ2v) is 6.68. The summed E-state index contributed by atoms with van der Waals surface area (Å²) in [5.74, 6) is -0.0343. The van der Waals surface area contributed by atoms with Gasteiger partial charge in [-0.15, -0.1) is 0 Å². The average Bonchev–Trinajstić information content (AvgIpc) is 2.56. The van der Waals surface area contributed by atoms with Crippen molar-refractivity contribution in [3.05, 3.63) is 70.7 Å². The van der Waals surface area contributed by atoms with Gasteiger partial charge in [0.2, 0.25) is 0 Å². The highest BCUT2D eigenvalue weighted by molar-refractivity contribution is 6.30. The van der Waals surface area contributed by atoms with E-state index in [-0.39, 0.29) is 11.8 Å². The van der Waals surface area contributed by atoms with E-state index in [0.29, 0.717) is 5.02 Å². The standard InChI is InChI=1S/C19H22ClNO2/c20-16-8-6-15(7-9-16)18-13-21(11-10-17(18)19(22)23)12-14-4-2-1-3-5-14/h1-9,17-19,22-23H,10-13H2/t17-,18+/m0/s1. The van der Waals surface area contributed by atoms with Gasteiger partial charge in [0.05, 0.1) is 0 Å². The molecule has 1 aliphatic heterocycles. The molecule has 2 aromatic carbocycles. The lowest BCUT2D eigenvalue weighted by Crippen LogP contribution is -2.42. The summed E-state index contributed by atoms with van der Waals surface area (Å²) in [5.41, 5.74) is 2.40. The van der Waals surface area contributed by atoms with Gasteiger partial charge in [0.25, 0.3) is 0 Å². The maximum absolute atomic E-state index is 9.75. The van der Waals surface area contributed by atoms with Crippen molar-refractivity contribution >= 4 is 11.6 Å². The molecule has 0 unspecified atom stereocenters. The third kappa shape index (κ3) is 4.12. The molecule has 3 nitrogen and oxygen atoms in total. The third-order valence-electron chi connectivity index (χ3n) is 4.68. The second kappa shape index (κ2) is 7.45. The quantitative estimate of drug-likeness (QED) is 0.845. The van der Waals surface area contributed by atoms with Gasteiger partial charge in [-0.1, -0.05) is 54.1 Å². The molecule has 2 N–H and O–H groups in total. The van der Waals surface area contributed by atoms with Gasteiger partial charge in [-0.25, -0.2) is 0 Å². The lowest BCUT2D eigenvalue weighted by Gasteiger charge is -2.39. The van der Waals surface area contributed by atoms with Gasteiger partial charge < -0.3 is 10.2 Å². The van der Waals surface area contributed by atoms with Crippen LogP contribution in [0.15, 0.2) is 54.6 Å². The van der Waals surface area contributed by atoms with Crippen LogP contribution in [0.3, 0.4) is 0 Å². The monoisotopic (exact) mass is 331 g/mol. The first-order valence-corrected chi connectivity index (χ1v) is 8.39. The summed E-state index contributed by atoms with van der Waals surface area (Å²) < 4.78 is 0. The van der Waals surface area contributed by atoms with Gasteiger partial charge in [0.15, 0.2) is 6.29 Å². The van der Waals surface area contributed by atoms with Crippen molar-refractivity contribution in [1.29, 1.82) is 0 Å². The van der Waals surface area contributed by atoms with Gasteiger partial charge in [0.1, 0.15) is 0 Å². The molecule has 1 aliphatic rings. The average molecular weight is 332 g/mol. The number of piperidine rings is 1. The van der Waals surface area contributed by atoms with Crippen molar-refractivity contribution in [3.8, 4) is 0 Å². The summed E-state index contributed by atoms with van der Waals surface area (Å²) in [4.78, 5) is 2.38. The number of benzene rings is 2. The molecule has 0 amide bonds. The van der Waals surface area contributed by atoms with E-state index in [1.54, 1.807) is 0 Å². The molecule has 1 heterocycles. The molecule has 4 heteroatoms. The van der Waals surface area contributed by atoms with Gasteiger partial charge in [-0.05, 0) is 36.2 Å². The minimum atomic E-state index is -1.28. The van der Waals surface area contributed by atoms with Crippen LogP contribution in [0.2, 0.25) is 5.02 Å². The van der Waals surface area contributed by atoms with E-state index in [2.05, 4.69) is 29.2 Å². The molecule has 2 aromatic rings. The third-order valence-corrected chi connectivity index (χ3v) is 4.93. The van der Waals surface area contributed by atoms with Crippen molar-refractivity contribution in [1.82, 2.24) is 4.90 Å². The van der Waals surface area contributed by atoms with E-state index < -0.39 is 6.29 Å². The van der Waals surface area contributed by atoms with Gasteiger partial charge in [-0.2, -0.15) is 0 Å². The fourth-order valence-corrected chi connectivity index (χ4v) is 3.57. The largest absolute Gasteiger partial charge is 0.368 e. The summed E-state index contributed by atoms with van der Waals surface area (Å²) in [5, 5.41) is 20.2. The van der Waals surface area contributed by atoms with Crippen LogP contribution >= 0.6 is 11.6 Å². The van der Waals surface area contributed by atoms with Crippen LogP contribution in [-0.2, 0) is 6.54 Å². The molecular weight excluding hydrogens is 310 g/mol. The molecular formula is C19H22ClNO2. The first-order valence-electron chi connectivity index (χ1n) is 8.01. The smallest absolute Gasteiger partial charge is 0.154 e. The Morgan fingerprint density at radius 1 is 1.04 bits per heavy atom. The molecule has 122 valence electrons. The van der Waals surface area contributed by atoms with Crippen LogP contribution in [0, 0.1) is 5.92 Å². The molecule has 1 fully saturated rings. The second-order valence-electron chi connectivity index (χ2n) is 6.24. The highest BCUT2D eigenvalue weighted by atomic mass is 35.5. The van der Waals surface area contributed by atoms with E-state index in [9.17, 15) is 10.2 Å². The van der Waals surface area contributed by atoms with E-state index in [1.165, 1.54) is 5.56 Å². The van der Waals surface area contributed by atoms with E-state index in [0.717, 1.165) is 31.6 Å². The Balaban J connectivity index is 1.77. The number of halogens is 1. The maximum Gasteiger partial charge on any atom is 0.154 e. The zero-order chi connectivity index (χ0) is 16.2. The zero-order valence-electron chi connectivity index (χ0n) is 13.0. The summed E-state index contributed by atoms with van der Waals surface area (Å²) in [6.07, 6.45) is -0.507. The van der Waals surface area contributed by atoms with Gasteiger partial charge >= 0.3 is 0 Å². The Morgan fingerprint density at radius 2 is 1.74 bits per heavy atom. The SMILES string of the molecule is OC(O)[C@H]1CCN(Cc2ccccc2)C[C@@H]1c1ccc(Cl)cc1. The number of hydrogen-bond acceptors (Lipinski definition) is 3. The number of aliphatic hydroxyl groups is 2. The molecule has 0 aliphatic carbocycles. The lowest BCUT2D eigenvalue weighted by molar-refractivity contribution is -0.106. The Hall–Kier alpha value is -1.39. The number of aliphatic hydroxyl groups excluding tert-OH is 1. The topological polar surface area (TPSA) is 43.7 Å². The molecule has 0 spiro atoms.